The molecule has 0 aromatic carbocycles. The second-order valence-electron chi connectivity index (χ2n) is 5.18. The molecule has 100 valence electrons. The SMILES string of the molecule is CN(Cc1ccoc1C(=O)O)CC1(O)CCCC1. The molecule has 5 nitrogen and oxygen atoms in total. The smallest absolute Gasteiger partial charge is 0.372 e. The van der Waals surface area contributed by atoms with Gasteiger partial charge in [0.25, 0.3) is 0 Å². The van der Waals surface area contributed by atoms with Gasteiger partial charge in [-0.3, -0.25) is 4.90 Å². The van der Waals surface area contributed by atoms with E-state index in [1.807, 2.05) is 11.9 Å². The molecule has 0 unspecified atom stereocenters. The van der Waals surface area contributed by atoms with Crippen molar-refractivity contribution in [3.05, 3.63) is 23.7 Å². The summed E-state index contributed by atoms with van der Waals surface area (Å²) in [5, 5.41) is 19.2. The van der Waals surface area contributed by atoms with E-state index in [-0.39, 0.29) is 5.76 Å². The Morgan fingerprint density at radius 3 is 2.78 bits per heavy atom. The van der Waals surface area contributed by atoms with Gasteiger partial charge in [0.1, 0.15) is 0 Å². The Balaban J connectivity index is 1.96. The lowest BCUT2D eigenvalue weighted by atomic mass is 10.0. The summed E-state index contributed by atoms with van der Waals surface area (Å²) in [5.41, 5.74) is 0.0357. The summed E-state index contributed by atoms with van der Waals surface area (Å²) in [6.45, 7) is 1.04. The first-order valence-electron chi connectivity index (χ1n) is 6.21. The van der Waals surface area contributed by atoms with Gasteiger partial charge in [-0.2, -0.15) is 0 Å². The molecule has 0 spiro atoms. The van der Waals surface area contributed by atoms with Gasteiger partial charge in [0.2, 0.25) is 5.76 Å². The fourth-order valence-corrected chi connectivity index (χ4v) is 2.69. The van der Waals surface area contributed by atoms with E-state index in [1.54, 1.807) is 6.07 Å². The molecule has 0 aliphatic heterocycles. The van der Waals surface area contributed by atoms with Gasteiger partial charge in [-0.1, -0.05) is 12.8 Å². The Kier molecular flexibility index (Phi) is 3.73. The van der Waals surface area contributed by atoms with Crippen LogP contribution in [0.3, 0.4) is 0 Å². The highest BCUT2D eigenvalue weighted by atomic mass is 16.4. The number of aromatic carboxylic acids is 1. The first kappa shape index (κ1) is 13.1. The van der Waals surface area contributed by atoms with Crippen molar-refractivity contribution in [2.75, 3.05) is 13.6 Å². The monoisotopic (exact) mass is 253 g/mol. The molecule has 1 heterocycles. The van der Waals surface area contributed by atoms with Crippen LogP contribution in [0.15, 0.2) is 16.7 Å². The highest BCUT2D eigenvalue weighted by Gasteiger charge is 2.32. The average Bonchev–Trinajstić information content (AvgIpc) is 2.87. The number of carboxylic acids is 1. The lowest BCUT2D eigenvalue weighted by molar-refractivity contribution is 0.0144. The predicted octanol–water partition coefficient (Wildman–Crippen LogP) is 1.71. The zero-order valence-electron chi connectivity index (χ0n) is 10.6. The van der Waals surface area contributed by atoms with Crippen LogP contribution in [0.5, 0.6) is 0 Å². The topological polar surface area (TPSA) is 73.9 Å². The summed E-state index contributed by atoms with van der Waals surface area (Å²) in [6.07, 6.45) is 5.17. The minimum absolute atomic E-state index is 0.0136. The molecule has 1 aromatic heterocycles. The van der Waals surface area contributed by atoms with E-state index in [1.165, 1.54) is 6.26 Å². The first-order chi connectivity index (χ1) is 8.50. The molecular formula is C13H19NO4. The average molecular weight is 253 g/mol. The maximum atomic E-state index is 10.9. The standard InChI is InChI=1S/C13H19NO4/c1-14(9-13(17)5-2-3-6-13)8-10-4-7-18-11(10)12(15)16/h4,7,17H,2-3,5-6,8-9H2,1H3,(H,15,16). The number of hydrogen-bond acceptors (Lipinski definition) is 4. The van der Waals surface area contributed by atoms with Crippen LogP contribution in [0, 0.1) is 0 Å². The molecule has 1 aliphatic rings. The van der Waals surface area contributed by atoms with Gasteiger partial charge in [0.15, 0.2) is 0 Å². The van der Waals surface area contributed by atoms with E-state index in [0.29, 0.717) is 18.7 Å². The second kappa shape index (κ2) is 5.12. The molecule has 2 rings (SSSR count). The lowest BCUT2D eigenvalue weighted by Crippen LogP contribution is -2.38. The van der Waals surface area contributed by atoms with Crippen molar-refractivity contribution < 1.29 is 19.4 Å². The van der Waals surface area contributed by atoms with Gasteiger partial charge < -0.3 is 14.6 Å². The van der Waals surface area contributed by atoms with Crippen LogP contribution in [-0.4, -0.2) is 40.3 Å². The normalized spacial score (nSPS) is 18.4. The summed E-state index contributed by atoms with van der Waals surface area (Å²) in [6, 6.07) is 1.67. The minimum Gasteiger partial charge on any atom is -0.475 e. The molecule has 1 aromatic rings. The predicted molar refractivity (Wildman–Crippen MR) is 65.4 cm³/mol. The Morgan fingerprint density at radius 1 is 1.50 bits per heavy atom. The molecule has 0 bridgehead atoms. The van der Waals surface area contributed by atoms with Crippen molar-refractivity contribution in [1.29, 1.82) is 0 Å². The van der Waals surface area contributed by atoms with Gasteiger partial charge in [-0.25, -0.2) is 4.79 Å². The fourth-order valence-electron chi connectivity index (χ4n) is 2.69. The number of hydrogen-bond donors (Lipinski definition) is 2. The number of carbonyl (C=O) groups is 1. The molecule has 18 heavy (non-hydrogen) atoms. The molecule has 1 aliphatic carbocycles. The molecular weight excluding hydrogens is 234 g/mol. The van der Waals surface area contributed by atoms with Gasteiger partial charge in [0, 0.05) is 18.7 Å². The molecule has 0 radical (unpaired) electrons. The number of nitrogens with zero attached hydrogens (tertiary/aromatic N) is 1. The molecule has 2 N–H and O–H groups in total. The summed E-state index contributed by atoms with van der Waals surface area (Å²) in [7, 11) is 1.88. The minimum atomic E-state index is -1.05. The van der Waals surface area contributed by atoms with Crippen LogP contribution in [0.2, 0.25) is 0 Å². The third-order valence-electron chi connectivity index (χ3n) is 3.48. The van der Waals surface area contributed by atoms with Gasteiger partial charge in [0.05, 0.1) is 11.9 Å². The number of rotatable bonds is 5. The summed E-state index contributed by atoms with van der Waals surface area (Å²) in [4.78, 5) is 12.9. The van der Waals surface area contributed by atoms with Crippen LogP contribution in [0.4, 0.5) is 0 Å². The summed E-state index contributed by atoms with van der Waals surface area (Å²) >= 11 is 0. The maximum absolute atomic E-state index is 10.9. The Labute approximate surface area is 106 Å². The number of likely N-dealkylation sites (N-methyl/N-ethyl adjacent to an activating group) is 1. The van der Waals surface area contributed by atoms with E-state index in [2.05, 4.69) is 0 Å². The second-order valence-corrected chi connectivity index (χ2v) is 5.18. The third-order valence-corrected chi connectivity index (χ3v) is 3.48. The van der Waals surface area contributed by atoms with Gasteiger partial charge >= 0.3 is 5.97 Å². The van der Waals surface area contributed by atoms with E-state index >= 15 is 0 Å². The molecule has 5 heteroatoms. The fraction of sp³-hybridized carbons (Fsp3) is 0.615. The van der Waals surface area contributed by atoms with E-state index < -0.39 is 11.6 Å². The zero-order valence-corrected chi connectivity index (χ0v) is 10.6. The molecule has 0 atom stereocenters. The van der Waals surface area contributed by atoms with E-state index in [0.717, 1.165) is 25.7 Å². The Bertz CT molecular complexity index is 420. The maximum Gasteiger partial charge on any atom is 0.372 e. The number of aliphatic hydroxyl groups is 1. The van der Waals surface area contributed by atoms with Gasteiger partial charge in [-0.05, 0) is 26.0 Å². The molecule has 0 amide bonds. The highest BCUT2D eigenvalue weighted by Crippen LogP contribution is 2.30. The largest absolute Gasteiger partial charge is 0.475 e. The molecule has 0 saturated heterocycles. The molecule has 1 fully saturated rings. The van der Waals surface area contributed by atoms with Crippen LogP contribution < -0.4 is 0 Å². The Hall–Kier alpha value is -1.33. The van der Waals surface area contributed by atoms with Crippen LogP contribution in [0.25, 0.3) is 0 Å². The van der Waals surface area contributed by atoms with Crippen molar-refractivity contribution >= 4 is 5.97 Å². The zero-order chi connectivity index (χ0) is 13.2. The molecule has 1 saturated carbocycles. The van der Waals surface area contributed by atoms with Crippen molar-refractivity contribution in [2.24, 2.45) is 0 Å². The van der Waals surface area contributed by atoms with Crippen molar-refractivity contribution in [1.82, 2.24) is 4.90 Å². The lowest BCUT2D eigenvalue weighted by Gasteiger charge is -2.28. The van der Waals surface area contributed by atoms with E-state index in [4.69, 9.17) is 9.52 Å². The third kappa shape index (κ3) is 2.91. The van der Waals surface area contributed by atoms with Crippen molar-refractivity contribution in [3.63, 3.8) is 0 Å². The van der Waals surface area contributed by atoms with Crippen molar-refractivity contribution in [2.45, 2.75) is 37.8 Å². The quantitative estimate of drug-likeness (QED) is 0.835. The van der Waals surface area contributed by atoms with Gasteiger partial charge in [-0.15, -0.1) is 0 Å². The first-order valence-corrected chi connectivity index (χ1v) is 6.21. The van der Waals surface area contributed by atoms with Crippen LogP contribution >= 0.6 is 0 Å². The van der Waals surface area contributed by atoms with Crippen LogP contribution in [-0.2, 0) is 6.54 Å². The number of furan rings is 1. The van der Waals surface area contributed by atoms with Crippen molar-refractivity contribution in [3.8, 4) is 0 Å². The Morgan fingerprint density at radius 2 is 2.17 bits per heavy atom. The van der Waals surface area contributed by atoms with E-state index in [9.17, 15) is 9.90 Å². The van der Waals surface area contributed by atoms with Crippen LogP contribution in [0.1, 0.15) is 41.8 Å². The summed E-state index contributed by atoms with van der Waals surface area (Å²) in [5.74, 6) is -1.07. The summed E-state index contributed by atoms with van der Waals surface area (Å²) < 4.78 is 4.93. The highest BCUT2D eigenvalue weighted by molar-refractivity contribution is 5.86. The number of carboxylic acid groups (broad SMARTS) is 1.